The summed E-state index contributed by atoms with van der Waals surface area (Å²) in [4.78, 5) is 4.68. The highest BCUT2D eigenvalue weighted by Crippen LogP contribution is 2.20. The van der Waals surface area contributed by atoms with Crippen molar-refractivity contribution in [3.8, 4) is 0 Å². The zero-order chi connectivity index (χ0) is 15.6. The fraction of sp³-hybridized carbons (Fsp3) is 0.625. The number of piperazine rings is 1. The minimum atomic E-state index is -0.567. The van der Waals surface area contributed by atoms with E-state index >= 15 is 0 Å². The molecule has 2 rings (SSSR count). The molecule has 3 nitrogen and oxygen atoms in total. The van der Waals surface area contributed by atoms with Gasteiger partial charge in [0.05, 0.1) is 0 Å². The summed E-state index contributed by atoms with van der Waals surface area (Å²) in [6.07, 6.45) is 0. The van der Waals surface area contributed by atoms with Crippen LogP contribution in [0.15, 0.2) is 18.2 Å². The molecule has 2 N–H and O–H groups in total. The van der Waals surface area contributed by atoms with Crippen molar-refractivity contribution < 1.29 is 8.78 Å². The Kier molecular flexibility index (Phi) is 4.96. The number of hydrogen-bond acceptors (Lipinski definition) is 3. The van der Waals surface area contributed by atoms with Crippen molar-refractivity contribution in [1.29, 1.82) is 0 Å². The van der Waals surface area contributed by atoms with Gasteiger partial charge in [-0.25, -0.2) is 8.78 Å². The van der Waals surface area contributed by atoms with Crippen molar-refractivity contribution in [3.63, 3.8) is 0 Å². The lowest BCUT2D eigenvalue weighted by molar-refractivity contribution is 0.0597. The molecule has 5 heteroatoms. The molecule has 1 fully saturated rings. The Morgan fingerprint density at radius 3 is 2.29 bits per heavy atom. The molecule has 0 aromatic heterocycles. The quantitative estimate of drug-likeness (QED) is 0.930. The summed E-state index contributed by atoms with van der Waals surface area (Å²) < 4.78 is 26.7. The molecule has 1 aromatic rings. The second-order valence-corrected chi connectivity index (χ2v) is 6.73. The minimum Gasteiger partial charge on any atom is -0.323 e. The highest BCUT2D eigenvalue weighted by atomic mass is 19.1. The van der Waals surface area contributed by atoms with Gasteiger partial charge < -0.3 is 5.73 Å². The van der Waals surface area contributed by atoms with E-state index in [9.17, 15) is 8.78 Å². The number of nitrogens with two attached hydrogens (primary N) is 1. The Morgan fingerprint density at radius 1 is 1.14 bits per heavy atom. The normalized spacial score (nSPS) is 19.7. The highest BCUT2D eigenvalue weighted by molar-refractivity contribution is 5.22. The van der Waals surface area contributed by atoms with Crippen LogP contribution in [0.1, 0.15) is 32.4 Å². The van der Waals surface area contributed by atoms with Gasteiger partial charge >= 0.3 is 0 Å². The maximum Gasteiger partial charge on any atom is 0.130 e. The van der Waals surface area contributed by atoms with Crippen LogP contribution >= 0.6 is 0 Å². The van der Waals surface area contributed by atoms with E-state index in [-0.39, 0.29) is 5.54 Å². The molecule has 1 saturated heterocycles. The van der Waals surface area contributed by atoms with Crippen LogP contribution in [0.4, 0.5) is 8.78 Å². The minimum absolute atomic E-state index is 0.178. The fourth-order valence-electron chi connectivity index (χ4n) is 2.78. The largest absolute Gasteiger partial charge is 0.323 e. The number of hydrogen-bond donors (Lipinski definition) is 1. The zero-order valence-electron chi connectivity index (χ0n) is 13.1. The Hall–Kier alpha value is -1.04. The second-order valence-electron chi connectivity index (χ2n) is 6.73. The summed E-state index contributed by atoms with van der Waals surface area (Å²) in [6.45, 7) is 11.1. The van der Waals surface area contributed by atoms with Crippen LogP contribution in [0.2, 0.25) is 0 Å². The molecule has 0 spiro atoms. The number of halogens is 2. The third-order valence-electron chi connectivity index (χ3n) is 4.14. The standard InChI is InChI=1S/C16H25F2N3/c1-16(2,3)21-8-6-20(7-9-21)11-15(19)13-5-4-12(17)10-14(13)18/h4-5,10,15H,6-9,11,19H2,1-3H3. The van der Waals surface area contributed by atoms with Gasteiger partial charge in [-0.2, -0.15) is 0 Å². The Balaban J connectivity index is 1.91. The van der Waals surface area contributed by atoms with Crippen molar-refractivity contribution in [1.82, 2.24) is 9.80 Å². The van der Waals surface area contributed by atoms with Crippen molar-refractivity contribution in [2.75, 3.05) is 32.7 Å². The first-order chi connectivity index (χ1) is 9.77. The van der Waals surface area contributed by atoms with Gasteiger partial charge in [0.1, 0.15) is 11.6 Å². The maximum absolute atomic E-state index is 13.7. The van der Waals surface area contributed by atoms with Gasteiger partial charge in [0.15, 0.2) is 0 Å². The summed E-state index contributed by atoms with van der Waals surface area (Å²) in [6, 6.07) is 3.18. The van der Waals surface area contributed by atoms with E-state index in [0.717, 1.165) is 32.2 Å². The van der Waals surface area contributed by atoms with Crippen LogP contribution in [0.25, 0.3) is 0 Å². The molecule has 0 saturated carbocycles. The van der Waals surface area contributed by atoms with Crippen LogP contribution in [0, 0.1) is 11.6 Å². The summed E-state index contributed by atoms with van der Waals surface area (Å²) in [5, 5.41) is 0. The first-order valence-corrected chi connectivity index (χ1v) is 7.45. The Morgan fingerprint density at radius 2 is 1.76 bits per heavy atom. The molecule has 0 amide bonds. The summed E-state index contributed by atoms with van der Waals surface area (Å²) in [5.74, 6) is -1.13. The SMILES string of the molecule is CC(C)(C)N1CCN(CC(N)c2ccc(F)cc2F)CC1. The van der Waals surface area contributed by atoms with Crippen LogP contribution in [-0.4, -0.2) is 48.1 Å². The number of benzene rings is 1. The molecule has 0 bridgehead atoms. The van der Waals surface area contributed by atoms with E-state index in [4.69, 9.17) is 5.73 Å². The third kappa shape index (κ3) is 4.22. The monoisotopic (exact) mass is 297 g/mol. The molecule has 1 heterocycles. The van der Waals surface area contributed by atoms with Gasteiger partial charge in [-0.1, -0.05) is 6.07 Å². The molecule has 1 aliphatic heterocycles. The molecular formula is C16H25F2N3. The Bertz CT molecular complexity index is 477. The molecule has 21 heavy (non-hydrogen) atoms. The van der Waals surface area contributed by atoms with E-state index in [1.807, 2.05) is 0 Å². The maximum atomic E-state index is 13.7. The first-order valence-electron chi connectivity index (χ1n) is 7.45. The van der Waals surface area contributed by atoms with E-state index in [0.29, 0.717) is 12.1 Å². The van der Waals surface area contributed by atoms with Crippen molar-refractivity contribution in [2.24, 2.45) is 5.73 Å². The van der Waals surface area contributed by atoms with Crippen LogP contribution < -0.4 is 5.73 Å². The van der Waals surface area contributed by atoms with E-state index in [1.165, 1.54) is 12.1 Å². The zero-order valence-corrected chi connectivity index (χ0v) is 13.1. The van der Waals surface area contributed by atoms with Gasteiger partial charge in [-0.05, 0) is 26.8 Å². The predicted octanol–water partition coefficient (Wildman–Crippen LogP) is 2.38. The lowest BCUT2D eigenvalue weighted by Crippen LogP contribution is -2.54. The fourth-order valence-corrected chi connectivity index (χ4v) is 2.78. The molecule has 0 radical (unpaired) electrons. The molecule has 1 aliphatic rings. The summed E-state index contributed by atoms with van der Waals surface area (Å²) in [7, 11) is 0. The highest BCUT2D eigenvalue weighted by Gasteiger charge is 2.26. The van der Waals surface area contributed by atoms with Crippen LogP contribution in [0.5, 0.6) is 0 Å². The van der Waals surface area contributed by atoms with E-state index in [2.05, 4.69) is 30.6 Å². The lowest BCUT2D eigenvalue weighted by Gasteiger charge is -2.42. The molecule has 1 atom stereocenters. The van der Waals surface area contributed by atoms with E-state index in [1.54, 1.807) is 0 Å². The molecule has 0 aliphatic carbocycles. The molecule has 1 aromatic carbocycles. The average Bonchev–Trinajstić information content (AvgIpc) is 2.38. The van der Waals surface area contributed by atoms with Crippen LogP contribution in [-0.2, 0) is 0 Å². The van der Waals surface area contributed by atoms with Gasteiger partial charge in [-0.15, -0.1) is 0 Å². The summed E-state index contributed by atoms with van der Waals surface area (Å²) >= 11 is 0. The van der Waals surface area contributed by atoms with Crippen molar-refractivity contribution in [3.05, 3.63) is 35.4 Å². The average molecular weight is 297 g/mol. The summed E-state index contributed by atoms with van der Waals surface area (Å²) in [5.41, 5.74) is 6.64. The third-order valence-corrected chi connectivity index (χ3v) is 4.14. The molecule has 118 valence electrons. The van der Waals surface area contributed by atoms with E-state index < -0.39 is 17.7 Å². The predicted molar refractivity (Wildman–Crippen MR) is 81.1 cm³/mol. The van der Waals surface area contributed by atoms with Gasteiger partial charge in [0, 0.05) is 55.9 Å². The second kappa shape index (κ2) is 6.38. The topological polar surface area (TPSA) is 32.5 Å². The smallest absolute Gasteiger partial charge is 0.130 e. The Labute approximate surface area is 125 Å². The van der Waals surface area contributed by atoms with Crippen LogP contribution in [0.3, 0.4) is 0 Å². The number of rotatable bonds is 3. The van der Waals surface area contributed by atoms with Gasteiger partial charge in [0.2, 0.25) is 0 Å². The molecular weight excluding hydrogens is 272 g/mol. The van der Waals surface area contributed by atoms with Gasteiger partial charge in [-0.3, -0.25) is 9.80 Å². The lowest BCUT2D eigenvalue weighted by atomic mass is 10.0. The van der Waals surface area contributed by atoms with Crippen molar-refractivity contribution in [2.45, 2.75) is 32.4 Å². The van der Waals surface area contributed by atoms with Crippen molar-refractivity contribution >= 4 is 0 Å². The first kappa shape index (κ1) is 16.3. The molecule has 1 unspecified atom stereocenters. The van der Waals surface area contributed by atoms with Gasteiger partial charge in [0.25, 0.3) is 0 Å². The number of nitrogens with zero attached hydrogens (tertiary/aromatic N) is 2.